The van der Waals surface area contributed by atoms with Crippen molar-refractivity contribution in [3.05, 3.63) is 41.8 Å². The summed E-state index contributed by atoms with van der Waals surface area (Å²) in [7, 11) is 1.83. The zero-order valence-electron chi connectivity index (χ0n) is 10.9. The number of nitrogens with one attached hydrogen (secondary N) is 2. The van der Waals surface area contributed by atoms with Crippen molar-refractivity contribution in [2.75, 3.05) is 25.5 Å². The second kappa shape index (κ2) is 7.50. The molecule has 0 aliphatic rings. The largest absolute Gasteiger partial charge is 0.407 e. The van der Waals surface area contributed by atoms with Crippen molar-refractivity contribution < 1.29 is 9.15 Å². The lowest BCUT2D eigenvalue weighted by Crippen LogP contribution is -2.09. The maximum atomic E-state index is 5.53. The average Bonchev–Trinajstić information content (AvgIpc) is 2.88. The van der Waals surface area contributed by atoms with Gasteiger partial charge in [0.25, 0.3) is 0 Å². The van der Waals surface area contributed by atoms with Crippen LogP contribution in [-0.2, 0) is 17.9 Å². The SMILES string of the molecule is CNCc1nnc(NCCOCc2ccccc2)o1. The van der Waals surface area contributed by atoms with Crippen LogP contribution in [0.2, 0.25) is 0 Å². The van der Waals surface area contributed by atoms with E-state index in [9.17, 15) is 0 Å². The van der Waals surface area contributed by atoms with E-state index in [1.807, 2.05) is 37.4 Å². The molecule has 0 spiro atoms. The molecule has 1 aromatic heterocycles. The van der Waals surface area contributed by atoms with Gasteiger partial charge >= 0.3 is 6.01 Å². The predicted molar refractivity (Wildman–Crippen MR) is 71.6 cm³/mol. The Hall–Kier alpha value is -1.92. The summed E-state index contributed by atoms with van der Waals surface area (Å²) in [6.45, 7) is 2.39. The van der Waals surface area contributed by atoms with E-state index < -0.39 is 0 Å². The van der Waals surface area contributed by atoms with Gasteiger partial charge in [-0.3, -0.25) is 0 Å². The Kier molecular flexibility index (Phi) is 5.33. The Labute approximate surface area is 112 Å². The lowest BCUT2D eigenvalue weighted by Gasteiger charge is -2.04. The molecule has 19 heavy (non-hydrogen) atoms. The molecule has 1 heterocycles. The quantitative estimate of drug-likeness (QED) is 0.701. The van der Waals surface area contributed by atoms with Crippen molar-refractivity contribution in [1.29, 1.82) is 0 Å². The third kappa shape index (κ3) is 4.69. The minimum atomic E-state index is 0.425. The Balaban J connectivity index is 1.61. The second-order valence-corrected chi connectivity index (χ2v) is 4.00. The van der Waals surface area contributed by atoms with E-state index in [0.29, 0.717) is 38.2 Å². The highest BCUT2D eigenvalue weighted by Crippen LogP contribution is 2.04. The van der Waals surface area contributed by atoms with E-state index in [0.717, 1.165) is 5.56 Å². The number of anilines is 1. The van der Waals surface area contributed by atoms with Gasteiger partial charge < -0.3 is 19.8 Å². The summed E-state index contributed by atoms with van der Waals surface area (Å²) in [5.41, 5.74) is 1.16. The van der Waals surface area contributed by atoms with Gasteiger partial charge in [-0.25, -0.2) is 0 Å². The number of hydrogen-bond donors (Lipinski definition) is 2. The van der Waals surface area contributed by atoms with Crippen LogP contribution in [0.5, 0.6) is 0 Å². The normalized spacial score (nSPS) is 10.6. The third-order valence-electron chi connectivity index (χ3n) is 2.43. The molecule has 6 heteroatoms. The smallest absolute Gasteiger partial charge is 0.315 e. The first-order chi connectivity index (χ1) is 9.38. The van der Waals surface area contributed by atoms with Crippen LogP contribution >= 0.6 is 0 Å². The number of aromatic nitrogens is 2. The van der Waals surface area contributed by atoms with Gasteiger partial charge in [-0.2, -0.15) is 0 Å². The molecule has 0 fully saturated rings. The Bertz CT molecular complexity index is 473. The van der Waals surface area contributed by atoms with Gasteiger partial charge in [-0.1, -0.05) is 35.4 Å². The molecular formula is C13H18N4O2. The average molecular weight is 262 g/mol. The number of ether oxygens (including phenoxy) is 1. The third-order valence-corrected chi connectivity index (χ3v) is 2.43. The summed E-state index contributed by atoms with van der Waals surface area (Å²) < 4.78 is 10.9. The number of benzene rings is 1. The Morgan fingerprint density at radius 1 is 1.21 bits per heavy atom. The molecule has 0 bridgehead atoms. The van der Waals surface area contributed by atoms with Gasteiger partial charge in [0.2, 0.25) is 5.89 Å². The lowest BCUT2D eigenvalue weighted by molar-refractivity contribution is 0.130. The molecule has 2 rings (SSSR count). The summed E-state index contributed by atoms with van der Waals surface area (Å²) in [5, 5.41) is 13.7. The van der Waals surface area contributed by atoms with Crippen molar-refractivity contribution in [1.82, 2.24) is 15.5 Å². The Morgan fingerprint density at radius 2 is 2.05 bits per heavy atom. The fourth-order valence-corrected chi connectivity index (χ4v) is 1.54. The van der Waals surface area contributed by atoms with Crippen LogP contribution < -0.4 is 10.6 Å². The first-order valence-electron chi connectivity index (χ1n) is 6.21. The van der Waals surface area contributed by atoms with E-state index >= 15 is 0 Å². The molecule has 6 nitrogen and oxygen atoms in total. The van der Waals surface area contributed by atoms with Crippen molar-refractivity contribution >= 4 is 6.01 Å². The summed E-state index contributed by atoms with van der Waals surface area (Å²) in [4.78, 5) is 0. The van der Waals surface area contributed by atoms with Gasteiger partial charge in [-0.15, -0.1) is 5.10 Å². The van der Waals surface area contributed by atoms with E-state index in [2.05, 4.69) is 20.8 Å². The van der Waals surface area contributed by atoms with Gasteiger partial charge in [-0.05, 0) is 12.6 Å². The van der Waals surface area contributed by atoms with Crippen molar-refractivity contribution in [2.45, 2.75) is 13.2 Å². The van der Waals surface area contributed by atoms with E-state index in [4.69, 9.17) is 9.15 Å². The minimum absolute atomic E-state index is 0.425. The molecule has 0 saturated carbocycles. The standard InChI is InChI=1S/C13H18N4O2/c1-14-9-12-16-17-13(19-12)15-7-8-18-10-11-5-3-2-4-6-11/h2-6,14H,7-10H2,1H3,(H,15,17). The number of nitrogens with zero attached hydrogens (tertiary/aromatic N) is 2. The molecule has 0 aliphatic carbocycles. The zero-order valence-corrected chi connectivity index (χ0v) is 10.9. The van der Waals surface area contributed by atoms with Gasteiger partial charge in [0.15, 0.2) is 0 Å². The molecule has 0 saturated heterocycles. The maximum absolute atomic E-state index is 5.53. The van der Waals surface area contributed by atoms with Crippen LogP contribution in [0.1, 0.15) is 11.5 Å². The number of hydrogen-bond acceptors (Lipinski definition) is 6. The van der Waals surface area contributed by atoms with Crippen LogP contribution in [0.4, 0.5) is 6.01 Å². The minimum Gasteiger partial charge on any atom is -0.407 e. The summed E-state index contributed by atoms with van der Waals surface area (Å²) >= 11 is 0. The molecular weight excluding hydrogens is 244 g/mol. The highest BCUT2D eigenvalue weighted by atomic mass is 16.5. The fourth-order valence-electron chi connectivity index (χ4n) is 1.54. The van der Waals surface area contributed by atoms with E-state index in [-0.39, 0.29) is 0 Å². The monoisotopic (exact) mass is 262 g/mol. The van der Waals surface area contributed by atoms with Crippen LogP contribution in [0.15, 0.2) is 34.7 Å². The summed E-state index contributed by atoms with van der Waals surface area (Å²) in [6.07, 6.45) is 0. The Morgan fingerprint density at radius 3 is 2.84 bits per heavy atom. The summed E-state index contributed by atoms with van der Waals surface area (Å²) in [6, 6.07) is 10.5. The summed E-state index contributed by atoms with van der Waals surface area (Å²) in [5.74, 6) is 0.565. The van der Waals surface area contributed by atoms with Crippen molar-refractivity contribution in [3.8, 4) is 0 Å². The molecule has 0 unspecified atom stereocenters. The molecule has 0 aliphatic heterocycles. The van der Waals surface area contributed by atoms with Crippen LogP contribution in [0.3, 0.4) is 0 Å². The second-order valence-electron chi connectivity index (χ2n) is 4.00. The van der Waals surface area contributed by atoms with Crippen LogP contribution in [0.25, 0.3) is 0 Å². The highest BCUT2D eigenvalue weighted by molar-refractivity contribution is 5.16. The van der Waals surface area contributed by atoms with E-state index in [1.54, 1.807) is 0 Å². The molecule has 0 amide bonds. The van der Waals surface area contributed by atoms with Crippen molar-refractivity contribution in [2.24, 2.45) is 0 Å². The molecule has 2 aromatic rings. The van der Waals surface area contributed by atoms with Crippen molar-refractivity contribution in [3.63, 3.8) is 0 Å². The molecule has 1 aromatic carbocycles. The van der Waals surface area contributed by atoms with Gasteiger partial charge in [0.1, 0.15) is 0 Å². The first kappa shape index (κ1) is 13.5. The lowest BCUT2D eigenvalue weighted by atomic mass is 10.2. The first-order valence-corrected chi connectivity index (χ1v) is 6.21. The van der Waals surface area contributed by atoms with E-state index in [1.165, 1.54) is 0 Å². The molecule has 2 N–H and O–H groups in total. The molecule has 0 atom stereocenters. The highest BCUT2D eigenvalue weighted by Gasteiger charge is 2.03. The van der Waals surface area contributed by atoms with Gasteiger partial charge in [0.05, 0.1) is 19.8 Å². The zero-order chi connectivity index (χ0) is 13.3. The maximum Gasteiger partial charge on any atom is 0.315 e. The van der Waals surface area contributed by atoms with Crippen LogP contribution in [0, 0.1) is 0 Å². The van der Waals surface area contributed by atoms with Gasteiger partial charge in [0, 0.05) is 6.54 Å². The van der Waals surface area contributed by atoms with Crippen LogP contribution in [-0.4, -0.2) is 30.4 Å². The molecule has 102 valence electrons. The fraction of sp³-hybridized carbons (Fsp3) is 0.385. The predicted octanol–water partition coefficient (Wildman–Crippen LogP) is 1.42. The number of rotatable bonds is 8. The molecule has 0 radical (unpaired) electrons. The topological polar surface area (TPSA) is 72.2 Å².